The summed E-state index contributed by atoms with van der Waals surface area (Å²) in [4.78, 5) is 20.8. The minimum Gasteiger partial charge on any atom is -0.480 e. The minimum atomic E-state index is -0.950. The lowest BCUT2D eigenvalue weighted by Crippen LogP contribution is -2.39. The number of ether oxygens (including phenoxy) is 2. The van der Waals surface area contributed by atoms with Crippen molar-refractivity contribution in [3.8, 4) is 0 Å². The SMILES string of the molecule is CC(=O)O[C@H]1C=CC(NCC(=O)O)OC1. The highest BCUT2D eigenvalue weighted by Gasteiger charge is 2.17. The number of rotatable bonds is 4. The van der Waals surface area contributed by atoms with Crippen molar-refractivity contribution in [3.05, 3.63) is 12.2 Å². The first-order valence-electron chi connectivity index (χ1n) is 4.50. The van der Waals surface area contributed by atoms with Gasteiger partial charge in [0.2, 0.25) is 0 Å². The van der Waals surface area contributed by atoms with Crippen molar-refractivity contribution in [1.29, 1.82) is 0 Å². The van der Waals surface area contributed by atoms with Gasteiger partial charge in [-0.05, 0) is 12.2 Å². The van der Waals surface area contributed by atoms with Crippen molar-refractivity contribution in [1.82, 2.24) is 5.32 Å². The van der Waals surface area contributed by atoms with Gasteiger partial charge in [0.15, 0.2) is 0 Å². The highest BCUT2D eigenvalue weighted by Crippen LogP contribution is 2.06. The second-order valence-corrected chi connectivity index (χ2v) is 3.06. The maximum atomic E-state index is 10.6. The van der Waals surface area contributed by atoms with Gasteiger partial charge in [-0.3, -0.25) is 14.9 Å². The fourth-order valence-electron chi connectivity index (χ4n) is 1.14. The molecule has 0 aliphatic carbocycles. The van der Waals surface area contributed by atoms with E-state index in [0.29, 0.717) is 0 Å². The highest BCUT2D eigenvalue weighted by molar-refractivity contribution is 5.69. The molecule has 0 fully saturated rings. The first-order chi connectivity index (χ1) is 7.08. The molecule has 0 aromatic rings. The Hall–Kier alpha value is -1.40. The van der Waals surface area contributed by atoms with E-state index in [1.807, 2.05) is 0 Å². The number of hydrogen-bond donors (Lipinski definition) is 2. The minimum absolute atomic E-state index is 0.173. The van der Waals surface area contributed by atoms with Crippen LogP contribution in [0.2, 0.25) is 0 Å². The average molecular weight is 215 g/mol. The molecule has 6 nitrogen and oxygen atoms in total. The zero-order chi connectivity index (χ0) is 11.3. The third kappa shape index (κ3) is 4.57. The molecule has 1 heterocycles. The molecule has 1 unspecified atom stereocenters. The first-order valence-corrected chi connectivity index (χ1v) is 4.50. The Morgan fingerprint density at radius 1 is 1.60 bits per heavy atom. The van der Waals surface area contributed by atoms with Gasteiger partial charge in [0, 0.05) is 6.92 Å². The van der Waals surface area contributed by atoms with E-state index in [2.05, 4.69) is 5.32 Å². The number of carboxylic acid groups (broad SMARTS) is 1. The summed E-state index contributed by atoms with van der Waals surface area (Å²) < 4.78 is 10.1. The van der Waals surface area contributed by atoms with E-state index in [1.165, 1.54) is 6.92 Å². The van der Waals surface area contributed by atoms with E-state index in [1.54, 1.807) is 12.2 Å². The van der Waals surface area contributed by atoms with Gasteiger partial charge in [-0.1, -0.05) is 0 Å². The van der Waals surface area contributed by atoms with E-state index in [9.17, 15) is 9.59 Å². The first kappa shape index (κ1) is 11.7. The molecule has 0 spiro atoms. The van der Waals surface area contributed by atoms with Crippen molar-refractivity contribution in [2.75, 3.05) is 13.2 Å². The third-order valence-electron chi connectivity index (χ3n) is 1.71. The van der Waals surface area contributed by atoms with E-state index in [-0.39, 0.29) is 25.2 Å². The van der Waals surface area contributed by atoms with Gasteiger partial charge in [-0.25, -0.2) is 0 Å². The van der Waals surface area contributed by atoms with Crippen LogP contribution in [-0.4, -0.2) is 42.5 Å². The Balaban J connectivity index is 2.31. The zero-order valence-electron chi connectivity index (χ0n) is 8.30. The summed E-state index contributed by atoms with van der Waals surface area (Å²) in [5.74, 6) is -1.32. The Labute approximate surface area is 86.9 Å². The summed E-state index contributed by atoms with van der Waals surface area (Å²) >= 11 is 0. The Morgan fingerprint density at radius 2 is 2.33 bits per heavy atom. The molecule has 0 saturated carbocycles. The second kappa shape index (κ2) is 5.47. The van der Waals surface area contributed by atoms with E-state index in [0.717, 1.165) is 0 Å². The molecule has 0 amide bonds. The predicted molar refractivity (Wildman–Crippen MR) is 50.1 cm³/mol. The van der Waals surface area contributed by atoms with Crippen LogP contribution in [0.4, 0.5) is 0 Å². The Morgan fingerprint density at radius 3 is 2.80 bits per heavy atom. The molecule has 0 radical (unpaired) electrons. The van der Waals surface area contributed by atoms with Crippen LogP contribution in [0.1, 0.15) is 6.92 Å². The van der Waals surface area contributed by atoms with E-state index in [4.69, 9.17) is 14.6 Å². The summed E-state index contributed by atoms with van der Waals surface area (Å²) in [6, 6.07) is 0. The van der Waals surface area contributed by atoms with Crippen molar-refractivity contribution < 1.29 is 24.2 Å². The fourth-order valence-corrected chi connectivity index (χ4v) is 1.14. The smallest absolute Gasteiger partial charge is 0.317 e. The molecule has 15 heavy (non-hydrogen) atoms. The lowest BCUT2D eigenvalue weighted by Gasteiger charge is -2.23. The molecule has 0 aromatic carbocycles. The fraction of sp³-hybridized carbons (Fsp3) is 0.556. The van der Waals surface area contributed by atoms with Gasteiger partial charge in [-0.15, -0.1) is 0 Å². The standard InChI is InChI=1S/C9H13NO5/c1-6(11)15-7-2-3-8(14-5-7)10-4-9(12)13/h2-3,7-8,10H,4-5H2,1H3,(H,12,13)/t7-,8?/m0/s1. The average Bonchev–Trinajstić information content (AvgIpc) is 2.16. The molecule has 1 aliphatic rings. The number of esters is 1. The Kier molecular flexibility index (Phi) is 4.26. The van der Waals surface area contributed by atoms with Crippen molar-refractivity contribution in [2.45, 2.75) is 19.3 Å². The van der Waals surface area contributed by atoms with Gasteiger partial charge >= 0.3 is 11.9 Å². The molecular weight excluding hydrogens is 202 g/mol. The third-order valence-corrected chi connectivity index (χ3v) is 1.71. The number of carboxylic acids is 1. The molecule has 1 aliphatic heterocycles. The topological polar surface area (TPSA) is 84.9 Å². The van der Waals surface area contributed by atoms with Crippen LogP contribution in [-0.2, 0) is 19.1 Å². The number of hydrogen-bond acceptors (Lipinski definition) is 5. The van der Waals surface area contributed by atoms with Crippen LogP contribution in [0.3, 0.4) is 0 Å². The van der Waals surface area contributed by atoms with E-state index < -0.39 is 12.2 Å². The molecule has 0 aromatic heterocycles. The maximum Gasteiger partial charge on any atom is 0.317 e. The highest BCUT2D eigenvalue weighted by atomic mass is 16.6. The normalized spacial score (nSPS) is 24.9. The van der Waals surface area contributed by atoms with Gasteiger partial charge in [0.25, 0.3) is 0 Å². The summed E-state index contributed by atoms with van der Waals surface area (Å²) in [7, 11) is 0. The molecule has 0 bridgehead atoms. The van der Waals surface area contributed by atoms with Crippen molar-refractivity contribution in [2.24, 2.45) is 0 Å². The summed E-state index contributed by atoms with van der Waals surface area (Å²) in [5, 5.41) is 11.0. The van der Waals surface area contributed by atoms with Crippen LogP contribution in [0.25, 0.3) is 0 Å². The van der Waals surface area contributed by atoms with Gasteiger partial charge in [-0.2, -0.15) is 0 Å². The number of aliphatic carboxylic acids is 1. The molecule has 2 N–H and O–H groups in total. The molecular formula is C9H13NO5. The molecule has 6 heteroatoms. The van der Waals surface area contributed by atoms with Crippen LogP contribution >= 0.6 is 0 Å². The van der Waals surface area contributed by atoms with Gasteiger partial charge in [0.1, 0.15) is 12.3 Å². The largest absolute Gasteiger partial charge is 0.480 e. The van der Waals surface area contributed by atoms with Gasteiger partial charge in [0.05, 0.1) is 13.2 Å². The summed E-state index contributed by atoms with van der Waals surface area (Å²) in [5.41, 5.74) is 0. The van der Waals surface area contributed by atoms with Gasteiger partial charge < -0.3 is 14.6 Å². The summed E-state index contributed by atoms with van der Waals surface area (Å²) in [6.45, 7) is 1.38. The predicted octanol–water partition coefficient (Wildman–Crippen LogP) is -0.495. The number of nitrogens with one attached hydrogen (secondary N) is 1. The lowest BCUT2D eigenvalue weighted by molar-refractivity contribution is -0.148. The molecule has 84 valence electrons. The Bertz CT molecular complexity index is 276. The van der Waals surface area contributed by atoms with Crippen LogP contribution < -0.4 is 5.32 Å². The number of carbonyl (C=O) groups is 2. The molecule has 0 saturated heterocycles. The second-order valence-electron chi connectivity index (χ2n) is 3.06. The summed E-state index contributed by atoms with van der Waals surface area (Å²) in [6.07, 6.45) is 2.48. The van der Waals surface area contributed by atoms with Crippen molar-refractivity contribution in [3.63, 3.8) is 0 Å². The zero-order valence-corrected chi connectivity index (χ0v) is 8.30. The number of carbonyl (C=O) groups excluding carboxylic acids is 1. The molecule has 2 atom stereocenters. The molecule has 1 rings (SSSR count). The van der Waals surface area contributed by atoms with Crippen LogP contribution in [0, 0.1) is 0 Å². The van der Waals surface area contributed by atoms with E-state index >= 15 is 0 Å². The van der Waals surface area contributed by atoms with Crippen LogP contribution in [0.5, 0.6) is 0 Å². The van der Waals surface area contributed by atoms with Crippen molar-refractivity contribution >= 4 is 11.9 Å². The maximum absolute atomic E-state index is 10.6. The quantitative estimate of drug-likeness (QED) is 0.486. The monoisotopic (exact) mass is 215 g/mol. The lowest BCUT2D eigenvalue weighted by atomic mass is 10.2. The van der Waals surface area contributed by atoms with Crippen LogP contribution in [0.15, 0.2) is 12.2 Å².